The fraction of sp³-hybridized carbons (Fsp3) is 1.00. The summed E-state index contributed by atoms with van der Waals surface area (Å²) in [6, 6.07) is 1.39. The van der Waals surface area contributed by atoms with Crippen molar-refractivity contribution in [2.45, 2.75) is 58.2 Å². The molecule has 0 aromatic heterocycles. The van der Waals surface area contributed by atoms with E-state index < -0.39 is 0 Å². The molecule has 2 heterocycles. The Morgan fingerprint density at radius 2 is 1.93 bits per heavy atom. The summed E-state index contributed by atoms with van der Waals surface area (Å²) >= 11 is 0. The predicted molar refractivity (Wildman–Crippen MR) is 58.4 cm³/mol. The van der Waals surface area contributed by atoms with Crippen molar-refractivity contribution in [3.63, 3.8) is 0 Å². The molecule has 1 unspecified atom stereocenters. The number of hydrogen-bond donors (Lipinski definition) is 0. The Labute approximate surface area is 87.6 Å². The van der Waals surface area contributed by atoms with Gasteiger partial charge < -0.3 is 4.74 Å². The largest absolute Gasteiger partial charge is 0.373 e. The van der Waals surface area contributed by atoms with Gasteiger partial charge in [0.15, 0.2) is 0 Å². The van der Waals surface area contributed by atoms with Crippen molar-refractivity contribution in [1.82, 2.24) is 4.90 Å². The van der Waals surface area contributed by atoms with Crippen LogP contribution in [0.2, 0.25) is 0 Å². The summed E-state index contributed by atoms with van der Waals surface area (Å²) < 4.78 is 5.80. The highest BCUT2D eigenvalue weighted by atomic mass is 16.5. The Bertz CT molecular complexity index is 190. The average Bonchev–Trinajstić information content (AvgIpc) is 2.42. The van der Waals surface area contributed by atoms with Gasteiger partial charge >= 0.3 is 0 Å². The van der Waals surface area contributed by atoms with E-state index >= 15 is 0 Å². The van der Waals surface area contributed by atoms with Crippen molar-refractivity contribution in [1.29, 1.82) is 0 Å². The first-order chi connectivity index (χ1) is 6.54. The fourth-order valence-corrected chi connectivity index (χ4v) is 2.87. The first-order valence-corrected chi connectivity index (χ1v) is 5.94. The molecule has 2 fully saturated rings. The van der Waals surface area contributed by atoms with E-state index in [9.17, 15) is 0 Å². The van der Waals surface area contributed by atoms with Crippen LogP contribution < -0.4 is 0 Å². The molecular formula is C12H23NO. The van der Waals surface area contributed by atoms with E-state index in [0.717, 1.165) is 25.1 Å². The van der Waals surface area contributed by atoms with Crippen molar-refractivity contribution in [3.8, 4) is 0 Å². The van der Waals surface area contributed by atoms with Gasteiger partial charge in [-0.15, -0.1) is 0 Å². The molecule has 1 spiro atoms. The Kier molecular flexibility index (Phi) is 2.61. The standard InChI is InChI=1S/C12H23NO/c1-9(2)11-7-12(5-6-14-12)8-13(11)10(3)4/h9-11H,5-8H2,1-4H3/t11-,12?/m0/s1. The highest BCUT2D eigenvalue weighted by Crippen LogP contribution is 2.42. The van der Waals surface area contributed by atoms with Crippen molar-refractivity contribution in [2.24, 2.45) is 5.92 Å². The van der Waals surface area contributed by atoms with Crippen molar-refractivity contribution in [3.05, 3.63) is 0 Å². The third-order valence-corrected chi connectivity index (χ3v) is 3.88. The molecule has 2 rings (SSSR count). The van der Waals surface area contributed by atoms with Crippen LogP contribution in [0, 0.1) is 5.92 Å². The lowest BCUT2D eigenvalue weighted by atomic mass is 9.89. The summed E-state index contributed by atoms with van der Waals surface area (Å²) in [5.41, 5.74) is 0.249. The average molecular weight is 197 g/mol. The van der Waals surface area contributed by atoms with Crippen molar-refractivity contribution >= 4 is 0 Å². The third-order valence-electron chi connectivity index (χ3n) is 3.88. The maximum absolute atomic E-state index is 5.80. The van der Waals surface area contributed by atoms with Gasteiger partial charge in [0.05, 0.1) is 12.2 Å². The lowest BCUT2D eigenvalue weighted by Gasteiger charge is -2.38. The second-order valence-electron chi connectivity index (χ2n) is 5.56. The lowest BCUT2D eigenvalue weighted by Crippen LogP contribution is -2.46. The Morgan fingerprint density at radius 1 is 1.29 bits per heavy atom. The van der Waals surface area contributed by atoms with Crippen LogP contribution in [0.5, 0.6) is 0 Å². The molecule has 2 atom stereocenters. The summed E-state index contributed by atoms with van der Waals surface area (Å²) in [5.74, 6) is 0.751. The van der Waals surface area contributed by atoms with E-state index in [1.807, 2.05) is 0 Å². The Balaban J connectivity index is 2.07. The minimum absolute atomic E-state index is 0.249. The van der Waals surface area contributed by atoms with Gasteiger partial charge in [0.1, 0.15) is 0 Å². The summed E-state index contributed by atoms with van der Waals surface area (Å²) in [4.78, 5) is 2.63. The SMILES string of the molecule is CC(C)[C@@H]1CC2(CCO2)CN1C(C)C. The van der Waals surface area contributed by atoms with Crippen LogP contribution in [0.4, 0.5) is 0 Å². The number of hydrogen-bond acceptors (Lipinski definition) is 2. The van der Waals surface area contributed by atoms with Gasteiger partial charge in [-0.3, -0.25) is 4.90 Å². The molecule has 0 amide bonds. The first-order valence-electron chi connectivity index (χ1n) is 5.94. The van der Waals surface area contributed by atoms with Gasteiger partial charge in [-0.1, -0.05) is 13.8 Å². The van der Waals surface area contributed by atoms with Crippen molar-refractivity contribution < 1.29 is 4.74 Å². The Hall–Kier alpha value is -0.0800. The smallest absolute Gasteiger partial charge is 0.0845 e. The molecular weight excluding hydrogens is 174 g/mol. The number of ether oxygens (including phenoxy) is 1. The van der Waals surface area contributed by atoms with Crippen molar-refractivity contribution in [2.75, 3.05) is 13.2 Å². The number of likely N-dealkylation sites (tertiary alicyclic amines) is 1. The molecule has 0 aliphatic carbocycles. The van der Waals surface area contributed by atoms with Crippen LogP contribution in [0.25, 0.3) is 0 Å². The maximum atomic E-state index is 5.80. The molecule has 2 nitrogen and oxygen atoms in total. The molecule has 82 valence electrons. The zero-order valence-electron chi connectivity index (χ0n) is 9.92. The van der Waals surface area contributed by atoms with E-state index in [0.29, 0.717) is 6.04 Å². The second-order valence-corrected chi connectivity index (χ2v) is 5.56. The molecule has 2 saturated heterocycles. The molecule has 0 N–H and O–H groups in total. The molecule has 0 radical (unpaired) electrons. The summed E-state index contributed by atoms with van der Waals surface area (Å²) in [5, 5.41) is 0. The molecule has 2 aliphatic heterocycles. The molecule has 0 aromatic rings. The highest BCUT2D eigenvalue weighted by molar-refractivity contribution is 5.03. The number of nitrogens with zero attached hydrogens (tertiary/aromatic N) is 1. The maximum Gasteiger partial charge on any atom is 0.0845 e. The van der Waals surface area contributed by atoms with Gasteiger partial charge in [0.25, 0.3) is 0 Å². The van der Waals surface area contributed by atoms with Gasteiger partial charge in [-0.2, -0.15) is 0 Å². The predicted octanol–water partition coefficient (Wildman–Crippen LogP) is 2.28. The van der Waals surface area contributed by atoms with E-state index in [-0.39, 0.29) is 5.60 Å². The van der Waals surface area contributed by atoms with E-state index in [4.69, 9.17) is 4.74 Å². The highest BCUT2D eigenvalue weighted by Gasteiger charge is 2.50. The van der Waals surface area contributed by atoms with Gasteiger partial charge in [-0.05, 0) is 26.2 Å². The van der Waals surface area contributed by atoms with Crippen LogP contribution in [0.1, 0.15) is 40.5 Å². The minimum Gasteiger partial charge on any atom is -0.373 e. The molecule has 2 aliphatic rings. The third kappa shape index (κ3) is 1.59. The normalized spacial score (nSPS) is 38.6. The monoisotopic (exact) mass is 197 g/mol. The summed E-state index contributed by atoms with van der Waals surface area (Å²) in [7, 11) is 0. The minimum atomic E-state index is 0.249. The zero-order valence-corrected chi connectivity index (χ0v) is 9.92. The molecule has 2 heteroatoms. The van der Waals surface area contributed by atoms with Crippen LogP contribution in [-0.2, 0) is 4.74 Å². The van der Waals surface area contributed by atoms with Gasteiger partial charge in [0, 0.05) is 25.0 Å². The zero-order chi connectivity index (χ0) is 10.3. The van der Waals surface area contributed by atoms with Gasteiger partial charge in [0.2, 0.25) is 0 Å². The Morgan fingerprint density at radius 3 is 2.21 bits per heavy atom. The van der Waals surface area contributed by atoms with Crippen LogP contribution in [0.15, 0.2) is 0 Å². The lowest BCUT2D eigenvalue weighted by molar-refractivity contribution is -0.138. The summed E-state index contributed by atoms with van der Waals surface area (Å²) in [6.45, 7) is 11.4. The fourth-order valence-electron chi connectivity index (χ4n) is 2.87. The quantitative estimate of drug-likeness (QED) is 0.673. The second kappa shape index (κ2) is 3.49. The van der Waals surface area contributed by atoms with Gasteiger partial charge in [-0.25, -0.2) is 0 Å². The van der Waals surface area contributed by atoms with E-state index in [1.165, 1.54) is 12.8 Å². The number of rotatable bonds is 2. The topological polar surface area (TPSA) is 12.5 Å². The molecule has 0 saturated carbocycles. The van der Waals surface area contributed by atoms with Crippen LogP contribution in [-0.4, -0.2) is 35.7 Å². The van der Waals surface area contributed by atoms with E-state index in [1.54, 1.807) is 0 Å². The van der Waals surface area contributed by atoms with E-state index in [2.05, 4.69) is 32.6 Å². The molecule has 14 heavy (non-hydrogen) atoms. The molecule has 0 bridgehead atoms. The summed E-state index contributed by atoms with van der Waals surface area (Å²) in [6.07, 6.45) is 2.53. The first kappa shape index (κ1) is 10.4. The van der Waals surface area contributed by atoms with Crippen LogP contribution >= 0.6 is 0 Å². The van der Waals surface area contributed by atoms with Crippen LogP contribution in [0.3, 0.4) is 0 Å². The molecule has 0 aromatic carbocycles.